The van der Waals surface area contributed by atoms with Crippen molar-refractivity contribution in [1.29, 1.82) is 0 Å². The van der Waals surface area contributed by atoms with Crippen LogP contribution in [0.3, 0.4) is 0 Å². The first-order chi connectivity index (χ1) is 8.65. The number of carbonyl (C=O) groups excluding carboxylic acids is 2. The third kappa shape index (κ3) is 2.91. The Labute approximate surface area is 102 Å². The van der Waals surface area contributed by atoms with E-state index in [-0.39, 0.29) is 23.5 Å². The first kappa shape index (κ1) is 11.8. The second-order valence-electron chi connectivity index (χ2n) is 3.37. The quantitative estimate of drug-likeness (QED) is 0.850. The third-order valence-corrected chi connectivity index (χ3v) is 1.92. The lowest BCUT2D eigenvalue weighted by atomic mass is 10.4. The van der Waals surface area contributed by atoms with Crippen LogP contribution in [0.4, 0.5) is 11.8 Å². The molecule has 0 unspecified atom stereocenters. The minimum Gasteiger partial charge on any atom is -0.435 e. The smallest absolute Gasteiger partial charge is 0.293 e. The molecule has 0 fully saturated rings. The van der Waals surface area contributed by atoms with Crippen molar-refractivity contribution in [2.24, 2.45) is 0 Å². The fraction of sp³-hybridized carbons (Fsp3) is 0.0909. The maximum absolute atomic E-state index is 11.7. The van der Waals surface area contributed by atoms with Crippen LogP contribution >= 0.6 is 0 Å². The van der Waals surface area contributed by atoms with Gasteiger partial charge in [0.1, 0.15) is 0 Å². The van der Waals surface area contributed by atoms with Gasteiger partial charge in [-0.15, -0.1) is 0 Å². The van der Waals surface area contributed by atoms with Crippen molar-refractivity contribution in [1.82, 2.24) is 9.97 Å². The number of amides is 2. The standard InChI is InChI=1S/C11H10N4O3/c1-7(16)14-9-4-3-8(18-9)10(17)15-11-12-5-2-6-13-11/h2-6H,1H3,(H,14,16)(H,12,13,15,17). The highest BCUT2D eigenvalue weighted by Crippen LogP contribution is 2.14. The Morgan fingerprint density at radius 1 is 1.17 bits per heavy atom. The Balaban J connectivity index is 2.05. The fourth-order valence-corrected chi connectivity index (χ4v) is 1.23. The van der Waals surface area contributed by atoms with Crippen LogP contribution in [0.15, 0.2) is 35.0 Å². The summed E-state index contributed by atoms with van der Waals surface area (Å²) in [5, 5.41) is 4.88. The van der Waals surface area contributed by atoms with Crippen molar-refractivity contribution < 1.29 is 14.0 Å². The summed E-state index contributed by atoms with van der Waals surface area (Å²) in [4.78, 5) is 30.2. The first-order valence-corrected chi connectivity index (χ1v) is 5.11. The van der Waals surface area contributed by atoms with Gasteiger partial charge in [0.2, 0.25) is 11.9 Å². The highest BCUT2D eigenvalue weighted by molar-refractivity contribution is 6.01. The molecule has 0 aliphatic carbocycles. The number of furan rings is 1. The SMILES string of the molecule is CC(=O)Nc1ccc(C(=O)Nc2ncccn2)o1. The lowest BCUT2D eigenvalue weighted by Gasteiger charge is -2.00. The Bertz CT molecular complexity index is 565. The summed E-state index contributed by atoms with van der Waals surface area (Å²) in [6.07, 6.45) is 3.01. The van der Waals surface area contributed by atoms with E-state index in [1.165, 1.54) is 31.5 Å². The molecule has 0 radical (unpaired) electrons. The van der Waals surface area contributed by atoms with E-state index in [9.17, 15) is 9.59 Å². The van der Waals surface area contributed by atoms with E-state index in [0.717, 1.165) is 0 Å². The Hall–Kier alpha value is -2.70. The summed E-state index contributed by atoms with van der Waals surface area (Å²) in [5.41, 5.74) is 0. The number of hydrogen-bond acceptors (Lipinski definition) is 5. The van der Waals surface area contributed by atoms with Crippen LogP contribution < -0.4 is 10.6 Å². The summed E-state index contributed by atoms with van der Waals surface area (Å²) in [6, 6.07) is 4.57. The molecular weight excluding hydrogens is 236 g/mol. The van der Waals surface area contributed by atoms with Crippen molar-refractivity contribution in [2.45, 2.75) is 6.92 Å². The number of carbonyl (C=O) groups is 2. The Morgan fingerprint density at radius 3 is 2.56 bits per heavy atom. The number of nitrogens with zero attached hydrogens (tertiary/aromatic N) is 2. The van der Waals surface area contributed by atoms with Crippen molar-refractivity contribution >= 4 is 23.6 Å². The van der Waals surface area contributed by atoms with Crippen molar-refractivity contribution in [3.63, 3.8) is 0 Å². The van der Waals surface area contributed by atoms with E-state index in [2.05, 4.69) is 20.6 Å². The number of anilines is 2. The van der Waals surface area contributed by atoms with Crippen LogP contribution in [0.25, 0.3) is 0 Å². The second kappa shape index (κ2) is 5.09. The highest BCUT2D eigenvalue weighted by Gasteiger charge is 2.12. The summed E-state index contributed by atoms with van der Waals surface area (Å²) in [5.74, 6) is -0.312. The van der Waals surface area contributed by atoms with Gasteiger partial charge in [-0.25, -0.2) is 9.97 Å². The van der Waals surface area contributed by atoms with Crippen LogP contribution in [0, 0.1) is 0 Å². The lowest BCUT2D eigenvalue weighted by molar-refractivity contribution is -0.114. The molecule has 7 nitrogen and oxygen atoms in total. The molecule has 0 aromatic carbocycles. The van der Waals surface area contributed by atoms with Gasteiger partial charge in [0.15, 0.2) is 11.6 Å². The molecule has 18 heavy (non-hydrogen) atoms. The van der Waals surface area contributed by atoms with Crippen LogP contribution in [0.5, 0.6) is 0 Å². The van der Waals surface area contributed by atoms with E-state index in [1.807, 2.05) is 0 Å². The molecule has 2 aromatic heterocycles. The van der Waals surface area contributed by atoms with Gasteiger partial charge < -0.3 is 4.42 Å². The second-order valence-corrected chi connectivity index (χ2v) is 3.37. The average Bonchev–Trinajstić information content (AvgIpc) is 2.78. The minimum absolute atomic E-state index is 0.0613. The topological polar surface area (TPSA) is 97.1 Å². The monoisotopic (exact) mass is 246 g/mol. The van der Waals surface area contributed by atoms with Gasteiger partial charge in [0.25, 0.3) is 5.91 Å². The molecule has 92 valence electrons. The maximum atomic E-state index is 11.7. The van der Waals surface area contributed by atoms with Crippen molar-refractivity contribution in [3.05, 3.63) is 36.4 Å². The molecule has 2 amide bonds. The number of rotatable bonds is 3. The normalized spacial score (nSPS) is 9.83. The lowest BCUT2D eigenvalue weighted by Crippen LogP contribution is -2.13. The van der Waals surface area contributed by atoms with Gasteiger partial charge in [-0.3, -0.25) is 20.2 Å². The number of hydrogen-bond donors (Lipinski definition) is 2. The van der Waals surface area contributed by atoms with Gasteiger partial charge in [-0.1, -0.05) is 0 Å². The van der Waals surface area contributed by atoms with Gasteiger partial charge in [-0.05, 0) is 12.1 Å². The minimum atomic E-state index is -0.488. The summed E-state index contributed by atoms with van der Waals surface area (Å²) >= 11 is 0. The molecule has 0 bridgehead atoms. The molecule has 0 spiro atoms. The number of nitrogens with one attached hydrogen (secondary N) is 2. The molecule has 2 heterocycles. The van der Waals surface area contributed by atoms with Gasteiger partial charge in [0.05, 0.1) is 0 Å². The van der Waals surface area contributed by atoms with Crippen LogP contribution in [0.2, 0.25) is 0 Å². The Morgan fingerprint density at radius 2 is 1.89 bits per heavy atom. The molecule has 0 aliphatic rings. The third-order valence-electron chi connectivity index (χ3n) is 1.92. The molecule has 0 aliphatic heterocycles. The average molecular weight is 246 g/mol. The molecule has 0 saturated carbocycles. The molecule has 2 N–H and O–H groups in total. The summed E-state index contributed by atoms with van der Waals surface area (Å²) in [7, 11) is 0. The Kier molecular flexibility index (Phi) is 3.33. The molecule has 0 saturated heterocycles. The maximum Gasteiger partial charge on any atom is 0.293 e. The van der Waals surface area contributed by atoms with E-state index in [4.69, 9.17) is 4.42 Å². The van der Waals surface area contributed by atoms with E-state index < -0.39 is 5.91 Å². The van der Waals surface area contributed by atoms with Crippen LogP contribution in [-0.2, 0) is 4.79 Å². The molecule has 0 atom stereocenters. The summed E-state index contributed by atoms with van der Waals surface area (Å²) < 4.78 is 5.13. The van der Waals surface area contributed by atoms with Gasteiger partial charge in [-0.2, -0.15) is 0 Å². The molecule has 7 heteroatoms. The van der Waals surface area contributed by atoms with Gasteiger partial charge >= 0.3 is 0 Å². The largest absolute Gasteiger partial charge is 0.435 e. The van der Waals surface area contributed by atoms with Crippen LogP contribution in [0.1, 0.15) is 17.5 Å². The molecule has 2 rings (SSSR count). The zero-order valence-electron chi connectivity index (χ0n) is 9.51. The predicted octanol–water partition coefficient (Wildman–Crippen LogP) is 1.28. The van der Waals surface area contributed by atoms with Crippen molar-refractivity contribution in [2.75, 3.05) is 10.6 Å². The van der Waals surface area contributed by atoms with Gasteiger partial charge in [0, 0.05) is 25.4 Å². The van der Waals surface area contributed by atoms with Crippen LogP contribution in [-0.4, -0.2) is 21.8 Å². The van der Waals surface area contributed by atoms with Crippen molar-refractivity contribution in [3.8, 4) is 0 Å². The zero-order valence-corrected chi connectivity index (χ0v) is 9.51. The molecular formula is C11H10N4O3. The number of aromatic nitrogens is 2. The first-order valence-electron chi connectivity index (χ1n) is 5.11. The van der Waals surface area contributed by atoms with E-state index in [0.29, 0.717) is 0 Å². The zero-order chi connectivity index (χ0) is 13.0. The van der Waals surface area contributed by atoms with E-state index in [1.54, 1.807) is 6.07 Å². The highest BCUT2D eigenvalue weighted by atomic mass is 16.4. The fourth-order valence-electron chi connectivity index (χ4n) is 1.23. The van der Waals surface area contributed by atoms with E-state index >= 15 is 0 Å². The summed E-state index contributed by atoms with van der Waals surface area (Å²) in [6.45, 7) is 1.35. The molecule has 2 aromatic rings. The predicted molar refractivity (Wildman–Crippen MR) is 63.0 cm³/mol.